The van der Waals surface area contributed by atoms with Crippen molar-refractivity contribution in [2.75, 3.05) is 31.5 Å². The summed E-state index contributed by atoms with van der Waals surface area (Å²) in [6.45, 7) is 6.23. The molecule has 1 amide bonds. The lowest BCUT2D eigenvalue weighted by Crippen LogP contribution is -2.64. The molecule has 0 atom stereocenters. The topological polar surface area (TPSA) is 35.6 Å². The van der Waals surface area contributed by atoms with Gasteiger partial charge < -0.3 is 5.32 Å². The van der Waals surface area contributed by atoms with Gasteiger partial charge in [0.1, 0.15) is 0 Å². The van der Waals surface area contributed by atoms with Crippen molar-refractivity contribution in [3.63, 3.8) is 0 Å². The lowest BCUT2D eigenvalue weighted by Gasteiger charge is -2.49. The highest BCUT2D eigenvalue weighted by atomic mass is 16.2. The first-order chi connectivity index (χ1) is 11.2. The minimum Gasteiger partial charge on any atom is -0.323 e. The number of carbonyl (C=O) groups excluding carboxylic acids is 1. The fourth-order valence-electron chi connectivity index (χ4n) is 4.65. The molecule has 124 valence electrons. The molecule has 23 heavy (non-hydrogen) atoms. The van der Waals surface area contributed by atoms with E-state index in [4.69, 9.17) is 0 Å². The summed E-state index contributed by atoms with van der Waals surface area (Å²) in [7, 11) is 0. The predicted octanol–water partition coefficient (Wildman–Crippen LogP) is 3.07. The van der Waals surface area contributed by atoms with Crippen LogP contribution in [0.1, 0.15) is 49.7 Å². The molecule has 3 heterocycles. The minimum atomic E-state index is -0.567. The summed E-state index contributed by atoms with van der Waals surface area (Å²) in [6, 6.07) is 6.41. The van der Waals surface area contributed by atoms with E-state index in [0.29, 0.717) is 0 Å². The number of hydrogen-bond donors (Lipinski definition) is 1. The van der Waals surface area contributed by atoms with Gasteiger partial charge in [0.25, 0.3) is 5.91 Å². The number of nitrogens with one attached hydrogen (secondary N) is 1. The zero-order chi connectivity index (χ0) is 15.9. The molecule has 0 radical (unpaired) electrons. The Labute approximate surface area is 138 Å². The monoisotopic (exact) mass is 313 g/mol. The Morgan fingerprint density at radius 2 is 1.48 bits per heavy atom. The third-order valence-corrected chi connectivity index (χ3v) is 5.74. The van der Waals surface area contributed by atoms with E-state index >= 15 is 0 Å². The number of benzene rings is 1. The van der Waals surface area contributed by atoms with Crippen LogP contribution in [0, 0.1) is 6.92 Å². The molecule has 0 unspecified atom stereocenters. The number of likely N-dealkylation sites (tertiary alicyclic amines) is 2. The normalized spacial score (nSPS) is 25.2. The number of rotatable bonds is 2. The Hall–Kier alpha value is -1.39. The summed E-state index contributed by atoms with van der Waals surface area (Å²) < 4.78 is 0. The Bertz CT molecular complexity index is 583. The van der Waals surface area contributed by atoms with Crippen LogP contribution in [0.4, 0.5) is 5.69 Å². The molecular formula is C19H27N3O. The van der Waals surface area contributed by atoms with Gasteiger partial charge in [-0.25, -0.2) is 0 Å². The van der Waals surface area contributed by atoms with Gasteiger partial charge in [0.05, 0.1) is 0 Å². The second-order valence-corrected chi connectivity index (χ2v) is 7.27. The van der Waals surface area contributed by atoms with Gasteiger partial charge in [0.15, 0.2) is 5.66 Å². The highest BCUT2D eigenvalue weighted by molar-refractivity contribution is 6.05. The van der Waals surface area contributed by atoms with Crippen LogP contribution in [0.5, 0.6) is 0 Å². The summed E-state index contributed by atoms with van der Waals surface area (Å²) in [5.74, 6) is 0.168. The molecule has 0 spiro atoms. The number of hydrogen-bond acceptors (Lipinski definition) is 3. The zero-order valence-corrected chi connectivity index (χ0v) is 14.1. The van der Waals surface area contributed by atoms with Crippen molar-refractivity contribution in [3.8, 4) is 0 Å². The quantitative estimate of drug-likeness (QED) is 0.911. The van der Waals surface area contributed by atoms with Crippen LogP contribution in [0.3, 0.4) is 0 Å². The Balaban J connectivity index is 1.85. The molecule has 4 nitrogen and oxygen atoms in total. The first-order valence-electron chi connectivity index (χ1n) is 9.15. The number of nitrogens with zero attached hydrogens (tertiary/aromatic N) is 2. The fraction of sp³-hybridized carbons (Fsp3) is 0.632. The van der Waals surface area contributed by atoms with E-state index in [1.165, 1.54) is 49.7 Å². The Kier molecular flexibility index (Phi) is 3.90. The average Bonchev–Trinajstić information content (AvgIpc) is 2.88. The molecule has 4 rings (SSSR count). The lowest BCUT2D eigenvalue weighted by molar-refractivity contribution is -0.147. The molecular weight excluding hydrogens is 286 g/mol. The summed E-state index contributed by atoms with van der Waals surface area (Å²) in [5, 5.41) is 3.19. The number of carbonyl (C=O) groups is 1. The Morgan fingerprint density at radius 3 is 2.04 bits per heavy atom. The summed E-state index contributed by atoms with van der Waals surface area (Å²) in [5.41, 5.74) is 2.86. The SMILES string of the molecule is Cc1ccc2c(c1)C(N1CCCCC1)(N1CCCCC1)C(=O)N2. The van der Waals surface area contributed by atoms with Gasteiger partial charge in [-0.2, -0.15) is 0 Å². The fourth-order valence-corrected chi connectivity index (χ4v) is 4.65. The molecule has 3 aliphatic rings. The molecule has 2 fully saturated rings. The maximum absolute atomic E-state index is 13.3. The van der Waals surface area contributed by atoms with Crippen molar-refractivity contribution in [2.45, 2.75) is 51.1 Å². The lowest BCUT2D eigenvalue weighted by atomic mass is 9.91. The summed E-state index contributed by atoms with van der Waals surface area (Å²) in [6.07, 6.45) is 7.37. The molecule has 0 aromatic heterocycles. The molecule has 1 aromatic rings. The minimum absolute atomic E-state index is 0.168. The van der Waals surface area contributed by atoms with Crippen LogP contribution in [-0.2, 0) is 10.5 Å². The summed E-state index contributed by atoms with van der Waals surface area (Å²) >= 11 is 0. The van der Waals surface area contributed by atoms with Crippen molar-refractivity contribution in [1.82, 2.24) is 9.80 Å². The first-order valence-corrected chi connectivity index (χ1v) is 9.15. The van der Waals surface area contributed by atoms with E-state index in [9.17, 15) is 4.79 Å². The molecule has 3 aliphatic heterocycles. The van der Waals surface area contributed by atoms with E-state index in [1.54, 1.807) is 0 Å². The highest BCUT2D eigenvalue weighted by Crippen LogP contribution is 2.45. The maximum atomic E-state index is 13.3. The molecule has 2 saturated heterocycles. The van der Waals surface area contributed by atoms with Gasteiger partial charge >= 0.3 is 0 Å². The van der Waals surface area contributed by atoms with Gasteiger partial charge in [0, 0.05) is 37.4 Å². The van der Waals surface area contributed by atoms with Gasteiger partial charge in [0.2, 0.25) is 0 Å². The van der Waals surface area contributed by atoms with Crippen molar-refractivity contribution in [1.29, 1.82) is 0 Å². The number of piperidine rings is 2. The van der Waals surface area contributed by atoms with Crippen molar-refractivity contribution in [2.24, 2.45) is 0 Å². The number of anilines is 1. The van der Waals surface area contributed by atoms with Crippen LogP contribution in [0.15, 0.2) is 18.2 Å². The van der Waals surface area contributed by atoms with Crippen LogP contribution in [0.2, 0.25) is 0 Å². The maximum Gasteiger partial charge on any atom is 0.264 e. The van der Waals surface area contributed by atoms with Gasteiger partial charge in [-0.1, -0.05) is 30.5 Å². The van der Waals surface area contributed by atoms with E-state index in [2.05, 4.69) is 40.2 Å². The first kappa shape index (κ1) is 15.2. The third-order valence-electron chi connectivity index (χ3n) is 5.74. The number of aryl methyl sites for hydroxylation is 1. The van der Waals surface area contributed by atoms with Crippen LogP contribution >= 0.6 is 0 Å². The highest BCUT2D eigenvalue weighted by Gasteiger charge is 2.55. The van der Waals surface area contributed by atoms with E-state index in [-0.39, 0.29) is 5.91 Å². The predicted molar refractivity (Wildman–Crippen MR) is 92.3 cm³/mol. The average molecular weight is 313 g/mol. The van der Waals surface area contributed by atoms with E-state index < -0.39 is 5.66 Å². The van der Waals surface area contributed by atoms with Crippen molar-refractivity contribution < 1.29 is 4.79 Å². The Morgan fingerprint density at radius 1 is 0.913 bits per heavy atom. The second kappa shape index (κ2) is 5.91. The van der Waals surface area contributed by atoms with Gasteiger partial charge in [-0.15, -0.1) is 0 Å². The standard InChI is InChI=1S/C19H27N3O/c1-15-8-9-17-16(14-15)19(18(23)20-17,21-10-4-2-5-11-21)22-12-6-3-7-13-22/h8-9,14H,2-7,10-13H2,1H3,(H,20,23). The second-order valence-electron chi connectivity index (χ2n) is 7.27. The van der Waals surface area contributed by atoms with Crippen LogP contribution in [0.25, 0.3) is 0 Å². The largest absolute Gasteiger partial charge is 0.323 e. The smallest absolute Gasteiger partial charge is 0.264 e. The van der Waals surface area contributed by atoms with Gasteiger partial charge in [-0.3, -0.25) is 14.6 Å². The van der Waals surface area contributed by atoms with E-state index in [1.807, 2.05) is 0 Å². The van der Waals surface area contributed by atoms with Gasteiger partial charge in [-0.05, 0) is 38.7 Å². The molecule has 0 bridgehead atoms. The molecule has 4 heteroatoms. The molecule has 0 saturated carbocycles. The molecule has 0 aliphatic carbocycles. The number of fused-ring (bicyclic) bond motifs is 1. The summed E-state index contributed by atoms with van der Waals surface area (Å²) in [4.78, 5) is 18.2. The van der Waals surface area contributed by atoms with Crippen LogP contribution in [-0.4, -0.2) is 41.9 Å². The van der Waals surface area contributed by atoms with Crippen molar-refractivity contribution in [3.05, 3.63) is 29.3 Å². The molecule has 1 aromatic carbocycles. The van der Waals surface area contributed by atoms with E-state index in [0.717, 1.165) is 31.9 Å². The molecule has 1 N–H and O–H groups in total. The van der Waals surface area contributed by atoms with Crippen molar-refractivity contribution >= 4 is 11.6 Å². The third kappa shape index (κ3) is 2.31. The van der Waals surface area contributed by atoms with Crippen LogP contribution < -0.4 is 5.32 Å². The zero-order valence-electron chi connectivity index (χ0n) is 14.1. The number of amides is 1.